The van der Waals surface area contributed by atoms with Crippen molar-refractivity contribution in [2.24, 2.45) is 11.8 Å². The second kappa shape index (κ2) is 11.9. The molecule has 1 unspecified atom stereocenters. The summed E-state index contributed by atoms with van der Waals surface area (Å²) in [7, 11) is 0. The van der Waals surface area contributed by atoms with Crippen molar-refractivity contribution in [1.29, 1.82) is 0 Å². The second-order valence-corrected chi connectivity index (χ2v) is 12.1. The number of carbonyl (C=O) groups is 3. The Morgan fingerprint density at radius 1 is 0.974 bits per heavy atom. The largest absolute Gasteiger partial charge is 0.455 e. The van der Waals surface area contributed by atoms with Gasteiger partial charge in [0.2, 0.25) is 0 Å². The molecule has 10 heteroatoms. The Kier molecular flexibility index (Phi) is 8.88. The van der Waals surface area contributed by atoms with E-state index in [1.165, 1.54) is 0 Å². The number of hydrogen-bond donors (Lipinski definition) is 1. The fourth-order valence-corrected chi connectivity index (χ4v) is 5.45. The van der Waals surface area contributed by atoms with Gasteiger partial charge in [-0.3, -0.25) is 9.59 Å². The van der Waals surface area contributed by atoms with Crippen molar-refractivity contribution < 1.29 is 23.9 Å². The molecule has 0 radical (unpaired) electrons. The molecule has 204 valence electrons. The average molecular weight is 607 g/mol. The van der Waals surface area contributed by atoms with E-state index in [1.807, 2.05) is 32.9 Å². The first-order valence-corrected chi connectivity index (χ1v) is 14.0. The van der Waals surface area contributed by atoms with E-state index in [2.05, 4.69) is 21.2 Å². The van der Waals surface area contributed by atoms with Gasteiger partial charge in [0.25, 0.3) is 0 Å². The van der Waals surface area contributed by atoms with E-state index >= 15 is 0 Å². The summed E-state index contributed by atoms with van der Waals surface area (Å²) in [5.41, 5.74) is -0.197. The minimum Gasteiger partial charge on any atom is -0.455 e. The second-order valence-electron chi connectivity index (χ2n) is 10.8. The van der Waals surface area contributed by atoms with E-state index in [9.17, 15) is 14.4 Å². The lowest BCUT2D eigenvalue weighted by Crippen LogP contribution is -2.45. The number of anilines is 1. The van der Waals surface area contributed by atoms with E-state index in [0.717, 1.165) is 23.7 Å². The lowest BCUT2D eigenvalue weighted by Gasteiger charge is -2.34. The number of rotatable bonds is 4. The molecule has 0 saturated carbocycles. The van der Waals surface area contributed by atoms with Crippen LogP contribution in [-0.2, 0) is 14.3 Å². The van der Waals surface area contributed by atoms with Gasteiger partial charge in [-0.05, 0) is 88.3 Å². The van der Waals surface area contributed by atoms with Gasteiger partial charge in [0.1, 0.15) is 11.4 Å². The molecular formula is C28H33BrClN3O5. The first kappa shape index (κ1) is 28.2. The molecule has 0 aliphatic carbocycles. The molecule has 2 aliphatic rings. The van der Waals surface area contributed by atoms with Crippen molar-refractivity contribution in [3.63, 3.8) is 0 Å². The predicted octanol–water partition coefficient (Wildman–Crippen LogP) is 6.33. The number of ether oxygens (including phenoxy) is 2. The molecule has 2 saturated heterocycles. The molecule has 38 heavy (non-hydrogen) atoms. The Morgan fingerprint density at radius 2 is 1.66 bits per heavy atom. The summed E-state index contributed by atoms with van der Waals surface area (Å²) in [4.78, 5) is 41.6. The average Bonchev–Trinajstić information content (AvgIpc) is 3.35. The summed E-state index contributed by atoms with van der Waals surface area (Å²) < 4.78 is 12.3. The number of halogens is 2. The fourth-order valence-electron chi connectivity index (χ4n) is 4.90. The predicted molar refractivity (Wildman–Crippen MR) is 150 cm³/mol. The molecule has 2 heterocycles. The Balaban J connectivity index is 1.31. The molecule has 2 aromatic rings. The van der Waals surface area contributed by atoms with E-state index in [1.54, 1.807) is 40.1 Å². The molecule has 1 atom stereocenters. The van der Waals surface area contributed by atoms with Crippen molar-refractivity contribution in [3.05, 3.63) is 52.0 Å². The number of piperidine rings is 1. The zero-order valence-corrected chi connectivity index (χ0v) is 24.2. The number of nitrogens with one attached hydrogen (secondary N) is 1. The monoisotopic (exact) mass is 605 g/mol. The first-order chi connectivity index (χ1) is 18.0. The van der Waals surface area contributed by atoms with Gasteiger partial charge in [-0.25, -0.2) is 4.79 Å². The van der Waals surface area contributed by atoms with E-state index < -0.39 is 17.4 Å². The summed E-state index contributed by atoms with van der Waals surface area (Å²) in [5, 5.41) is 3.09. The van der Waals surface area contributed by atoms with Crippen LogP contribution in [0, 0.1) is 11.8 Å². The molecule has 2 aliphatic heterocycles. The highest BCUT2D eigenvalue weighted by Crippen LogP contribution is 2.34. The van der Waals surface area contributed by atoms with Crippen molar-refractivity contribution in [2.75, 3.05) is 31.5 Å². The third-order valence-corrected chi connectivity index (χ3v) is 7.51. The van der Waals surface area contributed by atoms with Crippen LogP contribution in [0.1, 0.15) is 40.0 Å². The molecule has 2 aromatic carbocycles. The summed E-state index contributed by atoms with van der Waals surface area (Å²) in [6.07, 6.45) is 2.24. The number of carbonyl (C=O) groups excluding carboxylic acids is 3. The standard InChI is InChI=1S/C28H33BrClN3O5/c1-28(2,3)38-27(36)33-14-11-19(17-33)18-9-12-32(13-10-18)26(35)25(34)31-23-16-21(30)7-8-24(23)37-22-6-4-5-20(29)15-22/h4-8,15-16,18-19H,9-14,17H2,1-3H3,(H,31,34). The number of amides is 3. The number of nitrogens with zero attached hydrogens (tertiary/aromatic N) is 2. The summed E-state index contributed by atoms with van der Waals surface area (Å²) in [6, 6.07) is 12.2. The third kappa shape index (κ3) is 7.41. The van der Waals surface area contributed by atoms with Crippen LogP contribution in [0.5, 0.6) is 11.5 Å². The zero-order chi connectivity index (χ0) is 27.4. The molecular weight excluding hydrogens is 574 g/mol. The van der Waals surface area contributed by atoms with Crippen LogP contribution in [0.3, 0.4) is 0 Å². The summed E-state index contributed by atoms with van der Waals surface area (Å²) in [5.74, 6) is 0.400. The molecule has 0 bridgehead atoms. The van der Waals surface area contributed by atoms with E-state index in [4.69, 9.17) is 21.1 Å². The highest BCUT2D eigenvalue weighted by Gasteiger charge is 2.36. The van der Waals surface area contributed by atoms with Crippen LogP contribution in [0.15, 0.2) is 46.9 Å². The smallest absolute Gasteiger partial charge is 0.410 e. The van der Waals surface area contributed by atoms with Crippen LogP contribution in [0.25, 0.3) is 0 Å². The minimum atomic E-state index is -0.734. The van der Waals surface area contributed by atoms with E-state index in [-0.39, 0.29) is 6.09 Å². The highest BCUT2D eigenvalue weighted by atomic mass is 79.9. The maximum absolute atomic E-state index is 13.0. The normalized spacial score (nSPS) is 18.3. The zero-order valence-electron chi connectivity index (χ0n) is 21.8. The van der Waals surface area contributed by atoms with Gasteiger partial charge in [-0.1, -0.05) is 33.6 Å². The van der Waals surface area contributed by atoms with Gasteiger partial charge in [0.05, 0.1) is 5.69 Å². The maximum Gasteiger partial charge on any atom is 0.410 e. The van der Waals surface area contributed by atoms with Crippen LogP contribution in [0.4, 0.5) is 10.5 Å². The van der Waals surface area contributed by atoms with Crippen LogP contribution >= 0.6 is 27.5 Å². The third-order valence-electron chi connectivity index (χ3n) is 6.78. The summed E-state index contributed by atoms with van der Waals surface area (Å²) in [6.45, 7) is 7.94. The number of hydrogen-bond acceptors (Lipinski definition) is 5. The van der Waals surface area contributed by atoms with Crippen molar-refractivity contribution in [1.82, 2.24) is 9.80 Å². The van der Waals surface area contributed by atoms with E-state index in [0.29, 0.717) is 60.2 Å². The van der Waals surface area contributed by atoms with Gasteiger partial charge in [0, 0.05) is 35.7 Å². The molecule has 2 fully saturated rings. The van der Waals surface area contributed by atoms with Gasteiger partial charge in [-0.2, -0.15) is 0 Å². The fraction of sp³-hybridized carbons (Fsp3) is 0.464. The molecule has 8 nitrogen and oxygen atoms in total. The van der Waals surface area contributed by atoms with Gasteiger partial charge in [-0.15, -0.1) is 0 Å². The Hall–Kier alpha value is -2.78. The highest BCUT2D eigenvalue weighted by molar-refractivity contribution is 9.10. The lowest BCUT2D eigenvalue weighted by atomic mass is 9.84. The SMILES string of the molecule is CC(C)(C)OC(=O)N1CCC(C2CCN(C(=O)C(=O)Nc3cc(Cl)ccc3Oc3cccc(Br)c3)CC2)C1. The summed E-state index contributed by atoms with van der Waals surface area (Å²) >= 11 is 9.56. The maximum atomic E-state index is 13.0. The topological polar surface area (TPSA) is 88.2 Å². The van der Waals surface area contributed by atoms with Crippen molar-refractivity contribution >= 4 is 51.1 Å². The molecule has 0 aromatic heterocycles. The molecule has 4 rings (SSSR count). The number of benzene rings is 2. The quantitative estimate of drug-likeness (QED) is 0.411. The number of likely N-dealkylation sites (tertiary alicyclic amines) is 2. The van der Waals surface area contributed by atoms with Gasteiger partial charge >= 0.3 is 17.9 Å². The first-order valence-electron chi connectivity index (χ1n) is 12.8. The van der Waals surface area contributed by atoms with Gasteiger partial charge in [0.15, 0.2) is 5.75 Å². The lowest BCUT2D eigenvalue weighted by molar-refractivity contribution is -0.144. The van der Waals surface area contributed by atoms with Crippen molar-refractivity contribution in [2.45, 2.75) is 45.6 Å². The van der Waals surface area contributed by atoms with Crippen LogP contribution < -0.4 is 10.1 Å². The Labute approximate surface area is 236 Å². The van der Waals surface area contributed by atoms with Gasteiger partial charge < -0.3 is 24.6 Å². The Bertz CT molecular complexity index is 1190. The van der Waals surface area contributed by atoms with Crippen LogP contribution in [0.2, 0.25) is 5.02 Å². The molecule has 1 N–H and O–H groups in total. The Morgan fingerprint density at radius 3 is 2.34 bits per heavy atom. The molecule has 3 amide bonds. The van der Waals surface area contributed by atoms with Crippen molar-refractivity contribution in [3.8, 4) is 11.5 Å². The molecule has 0 spiro atoms. The minimum absolute atomic E-state index is 0.270. The van der Waals surface area contributed by atoms with Crippen LogP contribution in [-0.4, -0.2) is 59.5 Å².